The Bertz CT molecular complexity index is 496. The zero-order valence-corrected chi connectivity index (χ0v) is 8.99. The molecule has 15 heavy (non-hydrogen) atoms. The van der Waals surface area contributed by atoms with E-state index in [-0.39, 0.29) is 17.9 Å². The molecule has 0 aliphatic rings. The van der Waals surface area contributed by atoms with Crippen LogP contribution in [-0.2, 0) is 13.1 Å². The molecule has 5 nitrogen and oxygen atoms in total. The molecule has 2 N–H and O–H groups in total. The lowest BCUT2D eigenvalue weighted by molar-refractivity contribution is 0.600. The molecule has 0 radical (unpaired) electrons. The molecule has 0 amide bonds. The van der Waals surface area contributed by atoms with Gasteiger partial charge in [0.15, 0.2) is 0 Å². The zero-order valence-electron chi connectivity index (χ0n) is 8.99. The molecule has 0 aromatic carbocycles. The Hall–Kier alpha value is -1.78. The normalized spacial score (nSPS) is 10.3. The average Bonchev–Trinajstić information content (AvgIpc) is 2.18. The summed E-state index contributed by atoms with van der Waals surface area (Å²) in [6, 6.07) is 0. The summed E-state index contributed by atoms with van der Waals surface area (Å²) in [7, 11) is 0. The highest BCUT2D eigenvalue weighted by atomic mass is 16.2. The highest BCUT2D eigenvalue weighted by Gasteiger charge is 2.07. The number of allylic oxidation sites excluding steroid dienone is 1. The lowest BCUT2D eigenvalue weighted by Gasteiger charge is -2.09. The summed E-state index contributed by atoms with van der Waals surface area (Å²) < 4.78 is 2.50. The van der Waals surface area contributed by atoms with Crippen LogP contribution in [0.3, 0.4) is 0 Å². The molecule has 0 aliphatic heterocycles. The quantitative estimate of drug-likeness (QED) is 0.722. The van der Waals surface area contributed by atoms with Crippen molar-refractivity contribution in [2.24, 2.45) is 0 Å². The van der Waals surface area contributed by atoms with E-state index in [1.165, 1.54) is 10.8 Å². The molecular weight excluding hydrogens is 194 g/mol. The number of nitrogen functional groups attached to an aromatic ring is 1. The molecule has 0 unspecified atom stereocenters. The largest absolute Gasteiger partial charge is 0.393 e. The van der Waals surface area contributed by atoms with Gasteiger partial charge in [-0.2, -0.15) is 0 Å². The van der Waals surface area contributed by atoms with E-state index >= 15 is 0 Å². The molecule has 5 heteroatoms. The molecule has 0 spiro atoms. The first-order chi connectivity index (χ1) is 6.97. The Morgan fingerprint density at radius 3 is 2.60 bits per heavy atom. The van der Waals surface area contributed by atoms with Gasteiger partial charge in [-0.3, -0.25) is 13.9 Å². The van der Waals surface area contributed by atoms with Crippen LogP contribution in [0.5, 0.6) is 0 Å². The smallest absolute Gasteiger partial charge is 0.331 e. The van der Waals surface area contributed by atoms with Gasteiger partial charge in [0.05, 0.1) is 6.54 Å². The van der Waals surface area contributed by atoms with E-state index in [0.29, 0.717) is 6.54 Å². The second kappa shape index (κ2) is 4.16. The number of rotatable bonds is 3. The summed E-state index contributed by atoms with van der Waals surface area (Å²) in [4.78, 5) is 23.3. The van der Waals surface area contributed by atoms with Crippen LogP contribution < -0.4 is 17.0 Å². The fourth-order valence-corrected chi connectivity index (χ4v) is 1.31. The predicted molar refractivity (Wildman–Crippen MR) is 59.9 cm³/mol. The van der Waals surface area contributed by atoms with Gasteiger partial charge in [0, 0.05) is 12.7 Å². The van der Waals surface area contributed by atoms with Gasteiger partial charge >= 0.3 is 5.69 Å². The fourth-order valence-electron chi connectivity index (χ4n) is 1.31. The minimum absolute atomic E-state index is 0.0812. The van der Waals surface area contributed by atoms with Crippen LogP contribution in [0.4, 0.5) is 5.69 Å². The van der Waals surface area contributed by atoms with Crippen LogP contribution in [0.15, 0.2) is 27.9 Å². The molecule has 0 bridgehead atoms. The summed E-state index contributed by atoms with van der Waals surface area (Å²) in [6.45, 7) is 7.94. The molecule has 0 fully saturated rings. The van der Waals surface area contributed by atoms with Crippen molar-refractivity contribution >= 4 is 5.69 Å². The SMILES string of the molecule is C=C(C)Cn1c(=O)c(N)cn(CC)c1=O. The standard InChI is InChI=1S/C10H15N3O2/c1-4-12-6-8(11)9(14)13(10(12)15)5-7(2)3/h6H,2,4-5,11H2,1,3H3. The first kappa shape index (κ1) is 11.3. The van der Waals surface area contributed by atoms with Crippen molar-refractivity contribution in [1.82, 2.24) is 9.13 Å². The van der Waals surface area contributed by atoms with E-state index in [4.69, 9.17) is 5.73 Å². The summed E-state index contributed by atoms with van der Waals surface area (Å²) >= 11 is 0. The highest BCUT2D eigenvalue weighted by Crippen LogP contribution is 1.93. The first-order valence-electron chi connectivity index (χ1n) is 4.71. The second-order valence-electron chi connectivity index (χ2n) is 3.50. The van der Waals surface area contributed by atoms with Gasteiger partial charge in [-0.25, -0.2) is 4.79 Å². The predicted octanol–water partition coefficient (Wildman–Crippen LogP) is 0.188. The van der Waals surface area contributed by atoms with Gasteiger partial charge in [-0.05, 0) is 13.8 Å². The van der Waals surface area contributed by atoms with Gasteiger partial charge in [0.2, 0.25) is 0 Å². The van der Waals surface area contributed by atoms with Crippen molar-refractivity contribution in [3.63, 3.8) is 0 Å². The third-order valence-electron chi connectivity index (χ3n) is 2.03. The number of hydrogen-bond donors (Lipinski definition) is 1. The van der Waals surface area contributed by atoms with E-state index in [2.05, 4.69) is 6.58 Å². The topological polar surface area (TPSA) is 70.0 Å². The zero-order chi connectivity index (χ0) is 11.6. The average molecular weight is 209 g/mol. The van der Waals surface area contributed by atoms with Crippen molar-refractivity contribution in [2.45, 2.75) is 26.9 Å². The molecular formula is C10H15N3O2. The van der Waals surface area contributed by atoms with Crippen molar-refractivity contribution in [1.29, 1.82) is 0 Å². The van der Waals surface area contributed by atoms with Gasteiger partial charge in [0.1, 0.15) is 5.69 Å². The molecule has 82 valence electrons. The Morgan fingerprint density at radius 2 is 2.13 bits per heavy atom. The molecule has 1 aromatic heterocycles. The number of nitrogens with zero attached hydrogens (tertiary/aromatic N) is 2. The van der Waals surface area contributed by atoms with Gasteiger partial charge in [0.25, 0.3) is 5.56 Å². The monoisotopic (exact) mass is 209 g/mol. The minimum Gasteiger partial charge on any atom is -0.393 e. The van der Waals surface area contributed by atoms with E-state index < -0.39 is 5.56 Å². The van der Waals surface area contributed by atoms with Crippen LogP contribution in [0, 0.1) is 0 Å². The molecule has 1 heterocycles. The summed E-state index contributed by atoms with van der Waals surface area (Å²) in [5, 5.41) is 0. The lowest BCUT2D eigenvalue weighted by Crippen LogP contribution is -2.40. The van der Waals surface area contributed by atoms with Crippen molar-refractivity contribution in [3.05, 3.63) is 39.2 Å². The number of nitrogens with two attached hydrogens (primary N) is 1. The van der Waals surface area contributed by atoms with Crippen molar-refractivity contribution < 1.29 is 0 Å². The fraction of sp³-hybridized carbons (Fsp3) is 0.400. The van der Waals surface area contributed by atoms with E-state index in [1.54, 1.807) is 6.92 Å². The van der Waals surface area contributed by atoms with Crippen LogP contribution in [0.25, 0.3) is 0 Å². The van der Waals surface area contributed by atoms with Crippen molar-refractivity contribution in [2.75, 3.05) is 5.73 Å². The molecule has 0 atom stereocenters. The van der Waals surface area contributed by atoms with Gasteiger partial charge < -0.3 is 5.73 Å². The Balaban J connectivity index is 3.48. The van der Waals surface area contributed by atoms with Crippen LogP contribution >= 0.6 is 0 Å². The number of anilines is 1. The molecule has 0 saturated heterocycles. The minimum atomic E-state index is -0.451. The van der Waals surface area contributed by atoms with Gasteiger partial charge in [-0.15, -0.1) is 0 Å². The van der Waals surface area contributed by atoms with E-state index in [0.717, 1.165) is 10.1 Å². The van der Waals surface area contributed by atoms with Gasteiger partial charge in [-0.1, -0.05) is 12.2 Å². The van der Waals surface area contributed by atoms with Crippen molar-refractivity contribution in [3.8, 4) is 0 Å². The molecule has 1 rings (SSSR count). The first-order valence-corrected chi connectivity index (χ1v) is 4.71. The second-order valence-corrected chi connectivity index (χ2v) is 3.50. The molecule has 1 aromatic rings. The van der Waals surface area contributed by atoms with Crippen LogP contribution in [0.2, 0.25) is 0 Å². The maximum atomic E-state index is 11.7. The Kier molecular flexibility index (Phi) is 3.14. The summed E-state index contributed by atoms with van der Waals surface area (Å²) in [5.41, 5.74) is 5.54. The highest BCUT2D eigenvalue weighted by molar-refractivity contribution is 5.31. The number of aromatic nitrogens is 2. The maximum Gasteiger partial charge on any atom is 0.331 e. The number of aryl methyl sites for hydroxylation is 1. The summed E-state index contributed by atoms with van der Waals surface area (Å²) in [5.74, 6) is 0. The Labute approximate surface area is 87.5 Å². The third kappa shape index (κ3) is 2.18. The van der Waals surface area contributed by atoms with Crippen LogP contribution in [-0.4, -0.2) is 9.13 Å². The maximum absolute atomic E-state index is 11.7. The van der Waals surface area contributed by atoms with Crippen LogP contribution in [0.1, 0.15) is 13.8 Å². The lowest BCUT2D eigenvalue weighted by atomic mass is 10.3. The molecule has 0 saturated carbocycles. The summed E-state index contributed by atoms with van der Waals surface area (Å²) in [6.07, 6.45) is 1.37. The third-order valence-corrected chi connectivity index (χ3v) is 2.03. The molecule has 0 aliphatic carbocycles. The number of hydrogen-bond acceptors (Lipinski definition) is 3. The van der Waals surface area contributed by atoms with E-state index in [1.807, 2.05) is 6.92 Å². The Morgan fingerprint density at radius 1 is 1.53 bits per heavy atom. The van der Waals surface area contributed by atoms with E-state index in [9.17, 15) is 9.59 Å².